The van der Waals surface area contributed by atoms with E-state index in [1.807, 2.05) is 32.0 Å². The normalized spacial score (nSPS) is 15.2. The van der Waals surface area contributed by atoms with Gasteiger partial charge < -0.3 is 16.0 Å². The van der Waals surface area contributed by atoms with Crippen molar-refractivity contribution in [2.45, 2.75) is 13.8 Å². The van der Waals surface area contributed by atoms with Gasteiger partial charge in [0, 0.05) is 16.1 Å². The highest BCUT2D eigenvalue weighted by atomic mass is 79.9. The van der Waals surface area contributed by atoms with Crippen LogP contribution in [0.3, 0.4) is 0 Å². The molecule has 0 aliphatic carbocycles. The van der Waals surface area contributed by atoms with Crippen LogP contribution in [0.5, 0.6) is 0 Å². The monoisotopic (exact) mass is 389 g/mol. The van der Waals surface area contributed by atoms with Gasteiger partial charge in [-0.15, -0.1) is 12.4 Å². The van der Waals surface area contributed by atoms with E-state index in [0.29, 0.717) is 5.92 Å². The Morgan fingerprint density at radius 2 is 2.09 bits per heavy atom. The lowest BCUT2D eigenvalue weighted by Crippen LogP contribution is -2.50. The number of hydrogen-bond donors (Lipinski definition) is 3. The van der Waals surface area contributed by atoms with Crippen LogP contribution in [0.1, 0.15) is 12.5 Å². The quantitative estimate of drug-likeness (QED) is 0.721. The first kappa shape index (κ1) is 18.9. The summed E-state index contributed by atoms with van der Waals surface area (Å²) in [5, 5.41) is 8.64. The van der Waals surface area contributed by atoms with E-state index in [2.05, 4.69) is 31.9 Å². The molecular formula is C15H21BrClN3O2. The molecule has 1 fully saturated rings. The number of carbonyl (C=O) groups is 2. The van der Waals surface area contributed by atoms with Crippen molar-refractivity contribution >= 4 is 45.8 Å². The summed E-state index contributed by atoms with van der Waals surface area (Å²) in [4.78, 5) is 23.8. The fourth-order valence-corrected chi connectivity index (χ4v) is 2.64. The van der Waals surface area contributed by atoms with Crippen molar-refractivity contribution in [2.24, 2.45) is 11.8 Å². The topological polar surface area (TPSA) is 70.2 Å². The average Bonchev–Trinajstić information content (AvgIpc) is 2.37. The van der Waals surface area contributed by atoms with Crippen molar-refractivity contribution in [2.75, 3.05) is 25.0 Å². The molecule has 1 aliphatic rings. The van der Waals surface area contributed by atoms with E-state index in [1.165, 1.54) is 0 Å². The van der Waals surface area contributed by atoms with E-state index >= 15 is 0 Å². The molecule has 1 unspecified atom stereocenters. The van der Waals surface area contributed by atoms with E-state index in [0.717, 1.165) is 28.8 Å². The Bertz CT molecular complexity index is 550. The summed E-state index contributed by atoms with van der Waals surface area (Å²) < 4.78 is 0.967. The second kappa shape index (κ2) is 8.50. The molecule has 1 heterocycles. The SMILES string of the molecule is Cc1cc(Br)ccc1NC(=O)CNC(=O)C(C)C1CNC1.Cl. The molecule has 7 heteroatoms. The van der Waals surface area contributed by atoms with E-state index in [9.17, 15) is 9.59 Å². The van der Waals surface area contributed by atoms with Gasteiger partial charge in [-0.25, -0.2) is 0 Å². The maximum absolute atomic E-state index is 11.9. The number of anilines is 1. The molecule has 22 heavy (non-hydrogen) atoms. The number of rotatable bonds is 5. The molecular weight excluding hydrogens is 370 g/mol. The summed E-state index contributed by atoms with van der Waals surface area (Å²) in [5.41, 5.74) is 1.73. The number of nitrogens with one attached hydrogen (secondary N) is 3. The zero-order chi connectivity index (χ0) is 15.4. The lowest BCUT2D eigenvalue weighted by Gasteiger charge is -2.31. The van der Waals surface area contributed by atoms with Crippen molar-refractivity contribution in [3.8, 4) is 0 Å². The number of aryl methyl sites for hydroxylation is 1. The lowest BCUT2D eigenvalue weighted by atomic mass is 9.88. The van der Waals surface area contributed by atoms with Crippen molar-refractivity contribution < 1.29 is 9.59 Å². The zero-order valence-corrected chi connectivity index (χ0v) is 15.0. The maximum atomic E-state index is 11.9. The fourth-order valence-electron chi connectivity index (χ4n) is 2.17. The highest BCUT2D eigenvalue weighted by molar-refractivity contribution is 9.10. The summed E-state index contributed by atoms with van der Waals surface area (Å²) in [5.74, 6) is 0.0344. The van der Waals surface area contributed by atoms with E-state index in [1.54, 1.807) is 0 Å². The number of hydrogen-bond acceptors (Lipinski definition) is 3. The van der Waals surface area contributed by atoms with Crippen LogP contribution < -0.4 is 16.0 Å². The summed E-state index contributed by atoms with van der Waals surface area (Å²) in [6.45, 7) is 5.57. The van der Waals surface area contributed by atoms with Crippen LogP contribution in [0, 0.1) is 18.8 Å². The highest BCUT2D eigenvalue weighted by Crippen LogP contribution is 2.20. The standard InChI is InChI=1S/C15H20BrN3O2.ClH/c1-9-5-12(16)3-4-13(9)19-14(20)8-18-15(21)10(2)11-6-17-7-11;/h3-5,10-11,17H,6-8H2,1-2H3,(H,18,21)(H,19,20);1H. The van der Waals surface area contributed by atoms with Crippen LogP contribution in [-0.2, 0) is 9.59 Å². The van der Waals surface area contributed by atoms with Crippen LogP contribution in [-0.4, -0.2) is 31.4 Å². The van der Waals surface area contributed by atoms with Gasteiger partial charge in [-0.05, 0) is 49.7 Å². The number of halogens is 2. The minimum atomic E-state index is -0.215. The Kier molecular flexibility index (Phi) is 7.32. The number of amides is 2. The molecule has 1 saturated heterocycles. The molecule has 1 aromatic carbocycles. The van der Waals surface area contributed by atoms with Gasteiger partial charge in [0.25, 0.3) is 0 Å². The van der Waals surface area contributed by atoms with Crippen molar-refractivity contribution in [3.05, 3.63) is 28.2 Å². The fraction of sp³-hybridized carbons (Fsp3) is 0.467. The third kappa shape index (κ3) is 4.97. The molecule has 0 bridgehead atoms. The Morgan fingerprint density at radius 3 is 2.64 bits per heavy atom. The molecule has 2 amide bonds. The second-order valence-corrected chi connectivity index (χ2v) is 6.35. The Morgan fingerprint density at radius 1 is 1.41 bits per heavy atom. The van der Waals surface area contributed by atoms with Gasteiger partial charge in [0.05, 0.1) is 6.54 Å². The van der Waals surface area contributed by atoms with Gasteiger partial charge in [0.1, 0.15) is 0 Å². The molecule has 0 spiro atoms. The minimum absolute atomic E-state index is 0. The van der Waals surface area contributed by atoms with E-state index in [4.69, 9.17) is 0 Å². The van der Waals surface area contributed by atoms with Crippen molar-refractivity contribution in [3.63, 3.8) is 0 Å². The third-order valence-electron chi connectivity index (χ3n) is 3.82. The van der Waals surface area contributed by atoms with E-state index < -0.39 is 0 Å². The third-order valence-corrected chi connectivity index (χ3v) is 4.31. The molecule has 0 aromatic heterocycles. The van der Waals surface area contributed by atoms with Gasteiger partial charge in [0.2, 0.25) is 11.8 Å². The van der Waals surface area contributed by atoms with Crippen LogP contribution in [0.25, 0.3) is 0 Å². The van der Waals surface area contributed by atoms with Gasteiger partial charge in [-0.2, -0.15) is 0 Å². The molecule has 1 atom stereocenters. The molecule has 1 aliphatic heterocycles. The maximum Gasteiger partial charge on any atom is 0.243 e. The first-order valence-corrected chi connectivity index (χ1v) is 7.81. The summed E-state index contributed by atoms with van der Waals surface area (Å²) in [6.07, 6.45) is 0. The van der Waals surface area contributed by atoms with Crippen LogP contribution in [0.15, 0.2) is 22.7 Å². The highest BCUT2D eigenvalue weighted by Gasteiger charge is 2.28. The zero-order valence-electron chi connectivity index (χ0n) is 12.6. The first-order chi connectivity index (χ1) is 9.97. The van der Waals surface area contributed by atoms with Crippen LogP contribution in [0.4, 0.5) is 5.69 Å². The lowest BCUT2D eigenvalue weighted by molar-refractivity contribution is -0.128. The van der Waals surface area contributed by atoms with Crippen molar-refractivity contribution in [1.82, 2.24) is 10.6 Å². The minimum Gasteiger partial charge on any atom is -0.347 e. The molecule has 5 nitrogen and oxygen atoms in total. The second-order valence-electron chi connectivity index (χ2n) is 5.43. The Labute approximate surface area is 145 Å². The van der Waals surface area contributed by atoms with E-state index in [-0.39, 0.29) is 36.7 Å². The first-order valence-electron chi connectivity index (χ1n) is 7.02. The van der Waals surface area contributed by atoms with Crippen LogP contribution in [0.2, 0.25) is 0 Å². The summed E-state index contributed by atoms with van der Waals surface area (Å²) in [7, 11) is 0. The van der Waals surface area contributed by atoms with Crippen molar-refractivity contribution in [1.29, 1.82) is 0 Å². The van der Waals surface area contributed by atoms with Gasteiger partial charge in [-0.1, -0.05) is 22.9 Å². The van der Waals surface area contributed by atoms with Gasteiger partial charge in [-0.3, -0.25) is 9.59 Å². The summed E-state index contributed by atoms with van der Waals surface area (Å²) >= 11 is 3.38. The number of carbonyl (C=O) groups excluding carboxylic acids is 2. The van der Waals surface area contributed by atoms with Gasteiger partial charge in [0.15, 0.2) is 0 Å². The Balaban J connectivity index is 0.00000242. The predicted molar refractivity (Wildman–Crippen MR) is 93.3 cm³/mol. The molecule has 2 rings (SSSR count). The number of benzene rings is 1. The predicted octanol–water partition coefficient (Wildman–Crippen LogP) is 2.09. The Hall–Kier alpha value is -1.11. The molecule has 3 N–H and O–H groups in total. The smallest absolute Gasteiger partial charge is 0.243 e. The largest absolute Gasteiger partial charge is 0.347 e. The molecule has 0 radical (unpaired) electrons. The summed E-state index contributed by atoms with van der Waals surface area (Å²) in [6, 6.07) is 5.63. The van der Waals surface area contributed by atoms with Crippen LogP contribution >= 0.6 is 28.3 Å². The molecule has 1 aromatic rings. The average molecular weight is 391 g/mol. The molecule has 0 saturated carbocycles. The molecule has 122 valence electrons. The van der Waals surface area contributed by atoms with Gasteiger partial charge >= 0.3 is 0 Å².